The summed E-state index contributed by atoms with van der Waals surface area (Å²) in [6.45, 7) is 1.19. The maximum absolute atomic E-state index is 12.8. The van der Waals surface area contributed by atoms with Crippen molar-refractivity contribution in [3.63, 3.8) is 0 Å². The van der Waals surface area contributed by atoms with E-state index < -0.39 is 38.6 Å². The Morgan fingerprint density at radius 2 is 1.60 bits per heavy atom. The minimum atomic E-state index is -5.09. The highest BCUT2D eigenvalue weighted by Crippen LogP contribution is 2.39. The van der Waals surface area contributed by atoms with Gasteiger partial charge in [0.05, 0.1) is 23.3 Å². The molecule has 0 aliphatic rings. The van der Waals surface area contributed by atoms with Gasteiger partial charge in [0.2, 0.25) is 0 Å². The third kappa shape index (κ3) is 3.76. The molecule has 0 radical (unpaired) electrons. The zero-order chi connectivity index (χ0) is 15.7. The number of carbonyl (C=O) groups is 1. The average molecular weight is 412 g/mol. The Morgan fingerprint density at radius 1 is 1.10 bits per heavy atom. The number of esters is 1. The van der Waals surface area contributed by atoms with Crippen LogP contribution in [0.5, 0.6) is 0 Å². The van der Waals surface area contributed by atoms with Crippen LogP contribution in [0.4, 0.5) is 26.3 Å². The summed E-state index contributed by atoms with van der Waals surface area (Å²) in [6, 6.07) is 0.457. The lowest BCUT2D eigenvalue weighted by Crippen LogP contribution is -2.19. The fourth-order valence-electron chi connectivity index (χ4n) is 1.40. The van der Waals surface area contributed by atoms with Crippen LogP contribution < -0.4 is 0 Å². The van der Waals surface area contributed by atoms with Crippen LogP contribution in [0.1, 0.15) is 28.4 Å². The molecule has 0 amide bonds. The van der Waals surface area contributed by atoms with Crippen LogP contribution in [0.2, 0.25) is 0 Å². The SMILES string of the molecule is CCOC(=O)c1cc(I)c(C(F)(F)F)cc1C(F)(F)F. The molecule has 0 heterocycles. The number of hydrogen-bond acceptors (Lipinski definition) is 2. The van der Waals surface area contributed by atoms with Crippen molar-refractivity contribution in [2.45, 2.75) is 19.3 Å². The van der Waals surface area contributed by atoms with Crippen molar-refractivity contribution in [1.29, 1.82) is 0 Å². The fraction of sp³-hybridized carbons (Fsp3) is 0.364. The molecular formula is C11H7F6IO2. The van der Waals surface area contributed by atoms with E-state index in [1.165, 1.54) is 29.5 Å². The second-order valence-electron chi connectivity index (χ2n) is 3.59. The lowest BCUT2D eigenvalue weighted by Gasteiger charge is -2.16. The number of benzene rings is 1. The number of hydrogen-bond donors (Lipinski definition) is 0. The minimum Gasteiger partial charge on any atom is -0.462 e. The summed E-state index contributed by atoms with van der Waals surface area (Å²) in [5.74, 6) is -1.31. The van der Waals surface area contributed by atoms with Crippen LogP contribution >= 0.6 is 22.6 Å². The maximum Gasteiger partial charge on any atom is 0.417 e. The normalized spacial score (nSPS) is 12.4. The smallest absolute Gasteiger partial charge is 0.417 e. The van der Waals surface area contributed by atoms with Gasteiger partial charge < -0.3 is 4.74 Å². The van der Waals surface area contributed by atoms with Gasteiger partial charge in [-0.3, -0.25) is 0 Å². The van der Waals surface area contributed by atoms with Gasteiger partial charge in [-0.25, -0.2) is 4.79 Å². The average Bonchev–Trinajstić information content (AvgIpc) is 2.25. The first-order valence-corrected chi connectivity index (χ1v) is 6.21. The highest BCUT2D eigenvalue weighted by atomic mass is 127. The Bertz CT molecular complexity index is 521. The molecule has 9 heteroatoms. The lowest BCUT2D eigenvalue weighted by molar-refractivity contribution is -0.143. The van der Waals surface area contributed by atoms with Crippen molar-refractivity contribution in [2.24, 2.45) is 0 Å². The summed E-state index contributed by atoms with van der Waals surface area (Å²) < 4.78 is 80.1. The number of carbonyl (C=O) groups excluding carboxylic acids is 1. The summed E-state index contributed by atoms with van der Waals surface area (Å²) in [5, 5.41) is 0. The van der Waals surface area contributed by atoms with Crippen molar-refractivity contribution in [1.82, 2.24) is 0 Å². The second kappa shape index (κ2) is 5.78. The van der Waals surface area contributed by atoms with Gasteiger partial charge in [-0.15, -0.1) is 0 Å². The Kier molecular flexibility index (Phi) is 4.93. The molecule has 0 fully saturated rings. The third-order valence-corrected chi connectivity index (χ3v) is 3.11. The highest BCUT2D eigenvalue weighted by Gasteiger charge is 2.41. The van der Waals surface area contributed by atoms with Gasteiger partial charge in [-0.2, -0.15) is 26.3 Å². The van der Waals surface area contributed by atoms with Crippen LogP contribution in [0.15, 0.2) is 12.1 Å². The quantitative estimate of drug-likeness (QED) is 0.406. The van der Waals surface area contributed by atoms with Crippen molar-refractivity contribution >= 4 is 28.6 Å². The zero-order valence-corrected chi connectivity index (χ0v) is 12.0. The summed E-state index contributed by atoms with van der Waals surface area (Å²) >= 11 is 1.22. The Morgan fingerprint density at radius 3 is 2.00 bits per heavy atom. The molecule has 1 aromatic rings. The van der Waals surface area contributed by atoms with Crippen molar-refractivity contribution in [3.05, 3.63) is 32.4 Å². The van der Waals surface area contributed by atoms with Crippen LogP contribution in [-0.2, 0) is 17.1 Å². The van der Waals surface area contributed by atoms with Gasteiger partial charge in [-0.1, -0.05) is 0 Å². The number of halogens is 7. The number of rotatable bonds is 2. The molecule has 0 bridgehead atoms. The van der Waals surface area contributed by atoms with Gasteiger partial charge in [0.15, 0.2) is 0 Å². The molecule has 1 rings (SSSR count). The molecule has 112 valence electrons. The van der Waals surface area contributed by atoms with Crippen molar-refractivity contribution in [2.75, 3.05) is 6.61 Å². The predicted molar refractivity (Wildman–Crippen MR) is 65.1 cm³/mol. The molecule has 0 aliphatic carbocycles. The van der Waals surface area contributed by atoms with E-state index in [0.29, 0.717) is 6.07 Å². The Labute approximate surface area is 123 Å². The molecule has 20 heavy (non-hydrogen) atoms. The van der Waals surface area contributed by atoms with Gasteiger partial charge >= 0.3 is 18.3 Å². The van der Waals surface area contributed by atoms with E-state index >= 15 is 0 Å². The molecule has 2 nitrogen and oxygen atoms in total. The summed E-state index contributed by atoms with van der Waals surface area (Å²) in [5.41, 5.74) is -4.04. The summed E-state index contributed by atoms with van der Waals surface area (Å²) in [4.78, 5) is 11.4. The van der Waals surface area contributed by atoms with Gasteiger partial charge in [0.1, 0.15) is 0 Å². The molecule has 0 aromatic heterocycles. The number of ether oxygens (including phenoxy) is 1. The van der Waals surface area contributed by atoms with Crippen LogP contribution in [0, 0.1) is 3.57 Å². The van der Waals surface area contributed by atoms with E-state index in [9.17, 15) is 31.1 Å². The van der Waals surface area contributed by atoms with E-state index in [0.717, 1.165) is 0 Å². The zero-order valence-electron chi connectivity index (χ0n) is 9.82. The van der Waals surface area contributed by atoms with Gasteiger partial charge in [0, 0.05) is 3.57 Å². The van der Waals surface area contributed by atoms with Gasteiger partial charge in [-0.05, 0) is 41.6 Å². The minimum absolute atomic E-state index is 0.0754. The van der Waals surface area contributed by atoms with E-state index in [1.807, 2.05) is 0 Å². The summed E-state index contributed by atoms with van der Waals surface area (Å²) in [6.07, 6.45) is -10.0. The molecule has 0 aliphatic heterocycles. The van der Waals surface area contributed by atoms with Crippen LogP contribution in [0.25, 0.3) is 0 Å². The largest absolute Gasteiger partial charge is 0.462 e. The van der Waals surface area contributed by atoms with Crippen molar-refractivity contribution in [3.8, 4) is 0 Å². The standard InChI is InChI=1S/C11H7F6IO2/c1-2-20-9(19)5-3-8(18)7(11(15,16)17)4-6(5)10(12,13)14/h3-4H,2H2,1H3. The molecular weight excluding hydrogens is 405 g/mol. The second-order valence-corrected chi connectivity index (χ2v) is 4.76. The molecule has 0 spiro atoms. The predicted octanol–water partition coefficient (Wildman–Crippen LogP) is 4.51. The van der Waals surface area contributed by atoms with Crippen molar-refractivity contribution < 1.29 is 35.9 Å². The van der Waals surface area contributed by atoms with E-state index in [-0.39, 0.29) is 12.7 Å². The highest BCUT2D eigenvalue weighted by molar-refractivity contribution is 14.1. The molecule has 0 saturated heterocycles. The maximum atomic E-state index is 12.8. The van der Waals surface area contributed by atoms with E-state index in [2.05, 4.69) is 4.74 Å². The van der Waals surface area contributed by atoms with Gasteiger partial charge in [0.25, 0.3) is 0 Å². The fourth-order valence-corrected chi connectivity index (χ4v) is 2.18. The lowest BCUT2D eigenvalue weighted by atomic mass is 10.0. The molecule has 0 atom stereocenters. The first-order valence-electron chi connectivity index (χ1n) is 5.13. The molecule has 0 N–H and O–H groups in total. The first-order chi connectivity index (χ1) is 8.98. The Balaban J connectivity index is 3.54. The van der Waals surface area contributed by atoms with Crippen LogP contribution in [0.3, 0.4) is 0 Å². The molecule has 0 unspecified atom stereocenters. The molecule has 0 saturated carbocycles. The van der Waals surface area contributed by atoms with E-state index in [4.69, 9.17) is 0 Å². The first kappa shape index (κ1) is 17.1. The molecule has 1 aromatic carbocycles. The summed E-state index contributed by atoms with van der Waals surface area (Å²) in [7, 11) is 0. The Hall–Kier alpha value is -1.00. The van der Waals surface area contributed by atoms with Crippen LogP contribution in [-0.4, -0.2) is 12.6 Å². The topological polar surface area (TPSA) is 26.3 Å². The third-order valence-electron chi connectivity index (χ3n) is 2.21. The monoisotopic (exact) mass is 412 g/mol. The van der Waals surface area contributed by atoms with E-state index in [1.54, 1.807) is 0 Å². The number of alkyl halides is 6.